The van der Waals surface area contributed by atoms with Gasteiger partial charge in [-0.15, -0.1) is 0 Å². The molecule has 0 spiro atoms. The molecule has 0 fully saturated rings. The van der Waals surface area contributed by atoms with Crippen LogP contribution in [-0.2, 0) is 6.54 Å². The summed E-state index contributed by atoms with van der Waals surface area (Å²) in [6, 6.07) is 17.9. The summed E-state index contributed by atoms with van der Waals surface area (Å²) in [6.07, 6.45) is 0. The molecule has 0 aliphatic carbocycles. The number of hydrogen-bond acceptors (Lipinski definition) is 5. The Balaban J connectivity index is 1.38. The van der Waals surface area contributed by atoms with Crippen LogP contribution in [0, 0.1) is 0 Å². The van der Waals surface area contributed by atoms with Gasteiger partial charge < -0.3 is 24.5 Å². The summed E-state index contributed by atoms with van der Waals surface area (Å²) in [5.74, 6) is 1.71. The molecule has 1 aliphatic heterocycles. The molecule has 0 atom stereocenters. The molecule has 0 saturated carbocycles. The maximum Gasteiger partial charge on any atom is 0.326 e. The van der Waals surface area contributed by atoms with Gasteiger partial charge in [0, 0.05) is 17.3 Å². The quantitative estimate of drug-likeness (QED) is 0.519. The lowest BCUT2D eigenvalue weighted by Crippen LogP contribution is -2.17. The van der Waals surface area contributed by atoms with Crippen LogP contribution in [0.2, 0.25) is 0 Å². The average molecular weight is 417 g/mol. The molecule has 4 aromatic rings. The third-order valence-electron chi connectivity index (χ3n) is 5.17. The van der Waals surface area contributed by atoms with Crippen molar-refractivity contribution in [3.63, 3.8) is 0 Å². The summed E-state index contributed by atoms with van der Waals surface area (Å²) < 4.78 is 17.4. The van der Waals surface area contributed by atoms with Crippen LogP contribution in [0.25, 0.3) is 11.0 Å². The Morgan fingerprint density at radius 1 is 1.06 bits per heavy atom. The van der Waals surface area contributed by atoms with E-state index in [0.717, 1.165) is 16.8 Å². The molecule has 1 aromatic heterocycles. The molecule has 31 heavy (non-hydrogen) atoms. The second-order valence-electron chi connectivity index (χ2n) is 7.12. The highest BCUT2D eigenvalue weighted by Crippen LogP contribution is 2.34. The van der Waals surface area contributed by atoms with Gasteiger partial charge in [-0.2, -0.15) is 0 Å². The van der Waals surface area contributed by atoms with Gasteiger partial charge in [-0.25, -0.2) is 4.79 Å². The van der Waals surface area contributed by atoms with Gasteiger partial charge in [-0.3, -0.25) is 9.36 Å². The van der Waals surface area contributed by atoms with Crippen molar-refractivity contribution in [2.24, 2.45) is 0 Å². The highest BCUT2D eigenvalue weighted by atomic mass is 16.7. The molecule has 2 N–H and O–H groups in total. The van der Waals surface area contributed by atoms with Gasteiger partial charge in [-0.05, 0) is 48.0 Å². The minimum atomic E-state index is -0.287. The number of nitrogens with one attached hydrogen (secondary N) is 2. The SMILES string of the molecule is COc1ccc(Cn2c(=O)[nH]c3cc(C(=O)Nc4ccc5c(c4)OCO5)ccc32)cc1. The third kappa shape index (κ3) is 3.59. The number of carbonyl (C=O) groups is 1. The van der Waals surface area contributed by atoms with Crippen LogP contribution < -0.4 is 25.2 Å². The van der Waals surface area contributed by atoms with Crippen molar-refractivity contribution >= 4 is 22.6 Å². The van der Waals surface area contributed by atoms with Crippen molar-refractivity contribution in [3.8, 4) is 17.2 Å². The second kappa shape index (κ2) is 7.56. The minimum absolute atomic E-state index is 0.171. The largest absolute Gasteiger partial charge is 0.497 e. The molecule has 0 unspecified atom stereocenters. The second-order valence-corrected chi connectivity index (χ2v) is 7.12. The zero-order valence-corrected chi connectivity index (χ0v) is 16.7. The molecule has 2 heterocycles. The van der Waals surface area contributed by atoms with Crippen LogP contribution in [0.3, 0.4) is 0 Å². The van der Waals surface area contributed by atoms with Crippen molar-refractivity contribution in [2.75, 3.05) is 19.2 Å². The van der Waals surface area contributed by atoms with Gasteiger partial charge in [0.15, 0.2) is 11.5 Å². The summed E-state index contributed by atoms with van der Waals surface area (Å²) in [5, 5.41) is 2.84. The molecule has 1 aliphatic rings. The number of imidazole rings is 1. The Morgan fingerprint density at radius 3 is 2.68 bits per heavy atom. The van der Waals surface area contributed by atoms with E-state index in [9.17, 15) is 9.59 Å². The normalized spacial score (nSPS) is 12.2. The van der Waals surface area contributed by atoms with Crippen molar-refractivity contribution < 1.29 is 19.0 Å². The smallest absolute Gasteiger partial charge is 0.326 e. The number of nitrogens with zero attached hydrogens (tertiary/aromatic N) is 1. The third-order valence-corrected chi connectivity index (χ3v) is 5.17. The number of H-pyrrole nitrogens is 1. The van der Waals surface area contributed by atoms with Gasteiger partial charge in [0.05, 0.1) is 24.7 Å². The molecule has 0 bridgehead atoms. The van der Waals surface area contributed by atoms with E-state index in [-0.39, 0.29) is 18.4 Å². The first-order valence-corrected chi connectivity index (χ1v) is 9.67. The zero-order chi connectivity index (χ0) is 21.4. The molecule has 8 heteroatoms. The minimum Gasteiger partial charge on any atom is -0.497 e. The van der Waals surface area contributed by atoms with E-state index in [2.05, 4.69) is 10.3 Å². The maximum absolute atomic E-state index is 12.7. The first kappa shape index (κ1) is 18.8. The van der Waals surface area contributed by atoms with Gasteiger partial charge >= 0.3 is 5.69 Å². The first-order chi connectivity index (χ1) is 15.1. The number of fused-ring (bicyclic) bond motifs is 2. The van der Waals surface area contributed by atoms with Crippen molar-refractivity contribution in [3.05, 3.63) is 82.3 Å². The van der Waals surface area contributed by atoms with E-state index in [0.29, 0.717) is 34.8 Å². The summed E-state index contributed by atoms with van der Waals surface area (Å²) in [4.78, 5) is 28.0. The van der Waals surface area contributed by atoms with Crippen LogP contribution >= 0.6 is 0 Å². The van der Waals surface area contributed by atoms with E-state index in [1.165, 1.54) is 0 Å². The standard InChI is InChI=1S/C23H19N3O5/c1-29-17-6-2-14(3-7-17)12-26-19-8-4-15(10-18(19)25-23(26)28)22(27)24-16-5-9-20-21(11-16)31-13-30-20/h2-11H,12-13H2,1H3,(H,24,27)(H,25,28). The van der Waals surface area contributed by atoms with Crippen LogP contribution in [-0.4, -0.2) is 29.4 Å². The van der Waals surface area contributed by atoms with E-state index < -0.39 is 0 Å². The van der Waals surface area contributed by atoms with E-state index in [4.69, 9.17) is 14.2 Å². The summed E-state index contributed by atoms with van der Waals surface area (Å²) in [6.45, 7) is 0.579. The summed E-state index contributed by atoms with van der Waals surface area (Å²) >= 11 is 0. The Labute approximate surface area is 177 Å². The number of carbonyl (C=O) groups excluding carboxylic acids is 1. The van der Waals surface area contributed by atoms with Gasteiger partial charge in [0.2, 0.25) is 6.79 Å². The summed E-state index contributed by atoms with van der Waals surface area (Å²) in [5.41, 5.74) is 3.08. The number of ether oxygens (including phenoxy) is 3. The van der Waals surface area contributed by atoms with Crippen LogP contribution in [0.4, 0.5) is 5.69 Å². The highest BCUT2D eigenvalue weighted by Gasteiger charge is 2.16. The molecule has 8 nitrogen and oxygen atoms in total. The Morgan fingerprint density at radius 2 is 1.87 bits per heavy atom. The fraction of sp³-hybridized carbons (Fsp3) is 0.130. The molecule has 5 rings (SSSR count). The van der Waals surface area contributed by atoms with Crippen LogP contribution in [0.1, 0.15) is 15.9 Å². The number of anilines is 1. The number of rotatable bonds is 5. The fourth-order valence-corrected chi connectivity index (χ4v) is 3.55. The van der Waals surface area contributed by atoms with Crippen LogP contribution in [0.15, 0.2) is 65.5 Å². The van der Waals surface area contributed by atoms with E-state index in [1.54, 1.807) is 48.1 Å². The maximum atomic E-state index is 12.7. The topological polar surface area (TPSA) is 94.6 Å². The van der Waals surface area contributed by atoms with Gasteiger partial charge in [0.1, 0.15) is 5.75 Å². The molecule has 156 valence electrons. The van der Waals surface area contributed by atoms with Gasteiger partial charge in [-0.1, -0.05) is 12.1 Å². The molecule has 0 radical (unpaired) electrons. The average Bonchev–Trinajstić information content (AvgIpc) is 3.37. The Kier molecular flexibility index (Phi) is 4.59. The lowest BCUT2D eigenvalue weighted by molar-refractivity contribution is 0.102. The lowest BCUT2D eigenvalue weighted by Gasteiger charge is -2.07. The Hall–Kier alpha value is -4.20. The number of aromatic nitrogens is 2. The van der Waals surface area contributed by atoms with Crippen molar-refractivity contribution in [1.29, 1.82) is 0 Å². The monoisotopic (exact) mass is 417 g/mol. The lowest BCUT2D eigenvalue weighted by atomic mass is 10.1. The number of methoxy groups -OCH3 is 1. The number of amides is 1. The highest BCUT2D eigenvalue weighted by molar-refractivity contribution is 6.06. The first-order valence-electron chi connectivity index (χ1n) is 9.67. The zero-order valence-electron chi connectivity index (χ0n) is 16.7. The fourth-order valence-electron chi connectivity index (χ4n) is 3.55. The van der Waals surface area contributed by atoms with Crippen molar-refractivity contribution in [1.82, 2.24) is 9.55 Å². The molecular weight excluding hydrogens is 398 g/mol. The molecule has 3 aromatic carbocycles. The summed E-state index contributed by atoms with van der Waals surface area (Å²) in [7, 11) is 1.61. The molecular formula is C23H19N3O5. The van der Waals surface area contributed by atoms with Crippen LogP contribution in [0.5, 0.6) is 17.2 Å². The molecule has 1 amide bonds. The van der Waals surface area contributed by atoms with Gasteiger partial charge in [0.25, 0.3) is 5.91 Å². The molecule has 0 saturated heterocycles. The predicted octanol–water partition coefficient (Wildman–Crippen LogP) is 3.37. The predicted molar refractivity (Wildman–Crippen MR) is 115 cm³/mol. The van der Waals surface area contributed by atoms with E-state index >= 15 is 0 Å². The Bertz CT molecular complexity index is 1340. The number of aromatic amines is 1. The van der Waals surface area contributed by atoms with E-state index in [1.807, 2.05) is 24.3 Å². The number of hydrogen-bond donors (Lipinski definition) is 2. The van der Waals surface area contributed by atoms with Crippen molar-refractivity contribution in [2.45, 2.75) is 6.54 Å². The number of benzene rings is 3.